The Balaban J connectivity index is 2.26. The smallest absolute Gasteiger partial charge is 0.158 e. The first-order chi connectivity index (χ1) is 9.49. The van der Waals surface area contributed by atoms with Gasteiger partial charge in [0.1, 0.15) is 6.61 Å². The Morgan fingerprint density at radius 3 is 2.35 bits per heavy atom. The molecule has 4 N–H and O–H groups in total. The molecule has 1 unspecified atom stereocenters. The van der Waals surface area contributed by atoms with Crippen LogP contribution in [0.15, 0.2) is 4.90 Å². The van der Waals surface area contributed by atoms with E-state index in [1.807, 2.05) is 25.6 Å². The molecule has 0 aromatic heterocycles. The first kappa shape index (κ1) is 15.3. The molecule has 0 amide bonds. The van der Waals surface area contributed by atoms with Crippen LogP contribution in [0.4, 0.5) is 11.4 Å². The predicted octanol–water partition coefficient (Wildman–Crippen LogP) is 2.66. The van der Waals surface area contributed by atoms with Crippen molar-refractivity contribution in [2.75, 3.05) is 37.7 Å². The predicted molar refractivity (Wildman–Crippen MR) is 87.7 cm³/mol. The molecule has 5 heteroatoms. The molecule has 4 nitrogen and oxygen atoms in total. The fourth-order valence-corrected chi connectivity index (χ4v) is 3.80. The van der Waals surface area contributed by atoms with Crippen LogP contribution in [0.5, 0.6) is 5.75 Å². The average molecular weight is 295 g/mol. The molecule has 0 fully saturated rings. The molecule has 2 rings (SSSR count). The topological polar surface area (TPSA) is 64.5 Å². The molecule has 0 bridgehead atoms. The van der Waals surface area contributed by atoms with Crippen LogP contribution >= 0.6 is 11.8 Å². The average Bonchev–Trinajstić information content (AvgIpc) is 2.48. The number of anilines is 2. The van der Waals surface area contributed by atoms with E-state index in [0.717, 1.165) is 52.8 Å². The number of fused-ring (bicyclic) bond motifs is 1. The molecule has 1 aromatic carbocycles. The number of nitrogens with two attached hydrogens (primary N) is 2. The number of ether oxygens (including phenoxy) is 1. The zero-order valence-corrected chi connectivity index (χ0v) is 13.6. The number of benzene rings is 1. The van der Waals surface area contributed by atoms with Crippen LogP contribution in [0.1, 0.15) is 25.0 Å². The van der Waals surface area contributed by atoms with Crippen molar-refractivity contribution in [2.24, 2.45) is 0 Å². The molecule has 1 aliphatic rings. The summed E-state index contributed by atoms with van der Waals surface area (Å²) in [6.07, 6.45) is 0. The van der Waals surface area contributed by atoms with E-state index in [0.29, 0.717) is 11.9 Å². The van der Waals surface area contributed by atoms with Crippen molar-refractivity contribution in [2.45, 2.75) is 37.8 Å². The summed E-state index contributed by atoms with van der Waals surface area (Å²) in [5.41, 5.74) is 16.1. The minimum absolute atomic E-state index is 0.409. The molecular weight excluding hydrogens is 270 g/mol. The van der Waals surface area contributed by atoms with E-state index in [4.69, 9.17) is 16.2 Å². The van der Waals surface area contributed by atoms with Gasteiger partial charge in [-0.25, -0.2) is 0 Å². The largest absolute Gasteiger partial charge is 0.489 e. The molecule has 112 valence electrons. The Hall–Kier alpha value is -1.07. The van der Waals surface area contributed by atoms with Gasteiger partial charge in [-0.15, -0.1) is 11.8 Å². The van der Waals surface area contributed by atoms with Crippen molar-refractivity contribution >= 4 is 23.1 Å². The van der Waals surface area contributed by atoms with Crippen molar-refractivity contribution in [1.29, 1.82) is 0 Å². The van der Waals surface area contributed by atoms with Crippen LogP contribution in [0.25, 0.3) is 0 Å². The Labute approximate surface area is 125 Å². The van der Waals surface area contributed by atoms with Crippen molar-refractivity contribution in [1.82, 2.24) is 4.90 Å². The highest BCUT2D eigenvalue weighted by Gasteiger charge is 2.27. The Morgan fingerprint density at radius 1 is 1.15 bits per heavy atom. The van der Waals surface area contributed by atoms with Crippen LogP contribution in [0, 0.1) is 13.8 Å². The molecule has 1 atom stereocenters. The van der Waals surface area contributed by atoms with Crippen LogP contribution < -0.4 is 16.2 Å². The maximum absolute atomic E-state index is 6.26. The van der Waals surface area contributed by atoms with E-state index in [1.54, 1.807) is 0 Å². The lowest BCUT2D eigenvalue weighted by Gasteiger charge is -2.31. The summed E-state index contributed by atoms with van der Waals surface area (Å²) in [6, 6.07) is 0. The standard InChI is InChI=1S/C15H25N3OS/c1-5-18(6-2)7-11-8-19-14-12(16)9(3)10(4)13(17)15(14)20-11/h11H,5-8,16-17H2,1-4H3. The number of thioether (sulfide) groups is 1. The SMILES string of the molecule is CCN(CC)CC1COc2c(N)c(C)c(C)c(N)c2S1. The summed E-state index contributed by atoms with van der Waals surface area (Å²) in [5.74, 6) is 0.784. The summed E-state index contributed by atoms with van der Waals surface area (Å²) < 4.78 is 5.92. The van der Waals surface area contributed by atoms with Gasteiger partial charge >= 0.3 is 0 Å². The van der Waals surface area contributed by atoms with E-state index in [2.05, 4.69) is 18.7 Å². The zero-order chi connectivity index (χ0) is 14.9. The zero-order valence-electron chi connectivity index (χ0n) is 12.8. The van der Waals surface area contributed by atoms with Gasteiger partial charge in [0, 0.05) is 6.54 Å². The third kappa shape index (κ3) is 2.69. The van der Waals surface area contributed by atoms with Gasteiger partial charge in [0.2, 0.25) is 0 Å². The van der Waals surface area contributed by atoms with E-state index in [-0.39, 0.29) is 0 Å². The Bertz CT molecular complexity index is 501. The molecule has 0 radical (unpaired) electrons. The summed E-state index contributed by atoms with van der Waals surface area (Å²) in [6.45, 7) is 12.2. The number of hydrogen-bond acceptors (Lipinski definition) is 5. The molecule has 20 heavy (non-hydrogen) atoms. The van der Waals surface area contributed by atoms with E-state index < -0.39 is 0 Å². The van der Waals surface area contributed by atoms with Crippen molar-refractivity contribution in [3.05, 3.63) is 11.1 Å². The fraction of sp³-hybridized carbons (Fsp3) is 0.600. The lowest BCUT2D eigenvalue weighted by molar-refractivity contribution is 0.248. The van der Waals surface area contributed by atoms with Gasteiger partial charge in [-0.2, -0.15) is 0 Å². The molecule has 0 saturated carbocycles. The first-order valence-corrected chi connectivity index (χ1v) is 8.07. The highest BCUT2D eigenvalue weighted by atomic mass is 32.2. The van der Waals surface area contributed by atoms with Crippen LogP contribution in [0.2, 0.25) is 0 Å². The maximum atomic E-state index is 6.26. The summed E-state index contributed by atoms with van der Waals surface area (Å²) in [7, 11) is 0. The second-order valence-electron chi connectivity index (χ2n) is 5.27. The quantitative estimate of drug-likeness (QED) is 0.836. The minimum Gasteiger partial charge on any atom is -0.489 e. The summed E-state index contributed by atoms with van der Waals surface area (Å²) in [4.78, 5) is 3.43. The van der Waals surface area contributed by atoms with Gasteiger partial charge in [-0.1, -0.05) is 13.8 Å². The van der Waals surface area contributed by atoms with Gasteiger partial charge in [-0.3, -0.25) is 0 Å². The second kappa shape index (κ2) is 6.14. The van der Waals surface area contributed by atoms with Gasteiger partial charge in [0.15, 0.2) is 5.75 Å². The van der Waals surface area contributed by atoms with Gasteiger partial charge in [0.05, 0.1) is 21.5 Å². The molecular formula is C15H25N3OS. The molecule has 1 aromatic rings. The lowest BCUT2D eigenvalue weighted by atomic mass is 10.1. The van der Waals surface area contributed by atoms with Crippen molar-refractivity contribution in [3.8, 4) is 5.75 Å². The second-order valence-corrected chi connectivity index (χ2v) is 6.58. The third-order valence-corrected chi connectivity index (χ3v) is 5.38. The third-order valence-electron chi connectivity index (χ3n) is 4.12. The number of rotatable bonds is 4. The Morgan fingerprint density at radius 2 is 1.75 bits per heavy atom. The fourth-order valence-electron chi connectivity index (χ4n) is 2.49. The van der Waals surface area contributed by atoms with Gasteiger partial charge in [0.25, 0.3) is 0 Å². The number of nitrogen functional groups attached to an aromatic ring is 2. The van der Waals surface area contributed by atoms with E-state index in [1.165, 1.54) is 0 Å². The highest BCUT2D eigenvalue weighted by molar-refractivity contribution is 8.00. The molecule has 0 aliphatic carbocycles. The van der Waals surface area contributed by atoms with Crippen molar-refractivity contribution in [3.63, 3.8) is 0 Å². The lowest BCUT2D eigenvalue weighted by Crippen LogP contribution is -2.35. The highest BCUT2D eigenvalue weighted by Crippen LogP contribution is 2.47. The summed E-state index contributed by atoms with van der Waals surface area (Å²) >= 11 is 1.81. The van der Waals surface area contributed by atoms with Crippen LogP contribution in [-0.2, 0) is 0 Å². The van der Waals surface area contributed by atoms with E-state index >= 15 is 0 Å². The van der Waals surface area contributed by atoms with Crippen LogP contribution in [0.3, 0.4) is 0 Å². The Kier molecular flexibility index (Phi) is 4.70. The van der Waals surface area contributed by atoms with Gasteiger partial charge < -0.3 is 21.1 Å². The number of nitrogens with zero attached hydrogens (tertiary/aromatic N) is 1. The van der Waals surface area contributed by atoms with Gasteiger partial charge in [-0.05, 0) is 38.1 Å². The maximum Gasteiger partial charge on any atom is 0.158 e. The monoisotopic (exact) mass is 295 g/mol. The minimum atomic E-state index is 0.409. The normalized spacial score (nSPS) is 17.9. The molecule has 0 spiro atoms. The number of hydrogen-bond donors (Lipinski definition) is 2. The summed E-state index contributed by atoms with van der Waals surface area (Å²) in [5, 5.41) is 0.409. The molecule has 1 aliphatic heterocycles. The van der Waals surface area contributed by atoms with Crippen LogP contribution in [-0.4, -0.2) is 36.4 Å². The molecule has 1 heterocycles. The first-order valence-electron chi connectivity index (χ1n) is 7.19. The van der Waals surface area contributed by atoms with Crippen molar-refractivity contribution < 1.29 is 4.74 Å². The van der Waals surface area contributed by atoms with E-state index in [9.17, 15) is 0 Å². The molecule has 0 saturated heterocycles.